The highest BCUT2D eigenvalue weighted by Crippen LogP contribution is 2.33. The summed E-state index contributed by atoms with van der Waals surface area (Å²) in [6.07, 6.45) is 3.67. The van der Waals surface area contributed by atoms with E-state index in [0.29, 0.717) is 47.1 Å². The van der Waals surface area contributed by atoms with Crippen molar-refractivity contribution < 1.29 is 19.0 Å². The SMILES string of the molecule is CCOc1ccccc1Oc1coc2c(CN3CCC[C@H](C)C3)c(O)ccc2c1=O. The standard InChI is InChI=1S/C24H27NO5/c1-3-28-20-8-4-5-9-21(20)30-22-15-29-24-17(23(22)27)10-11-19(26)18(24)14-25-12-6-7-16(2)13-25/h4-5,8-11,15-16,26H,3,6-7,12-14H2,1-2H3/t16-/m0/s1. The second-order valence-electron chi connectivity index (χ2n) is 7.83. The molecule has 30 heavy (non-hydrogen) atoms. The van der Waals surface area contributed by atoms with E-state index in [1.54, 1.807) is 24.3 Å². The van der Waals surface area contributed by atoms with Crippen LogP contribution in [0.25, 0.3) is 11.0 Å². The minimum atomic E-state index is -0.282. The maximum absolute atomic E-state index is 13.1. The zero-order valence-corrected chi connectivity index (χ0v) is 17.4. The molecule has 2 aromatic carbocycles. The molecule has 0 amide bonds. The van der Waals surface area contributed by atoms with E-state index >= 15 is 0 Å². The molecule has 6 nitrogen and oxygen atoms in total. The lowest BCUT2D eigenvalue weighted by atomic mass is 9.99. The van der Waals surface area contributed by atoms with Crippen molar-refractivity contribution in [2.75, 3.05) is 19.7 Å². The molecule has 158 valence electrons. The second-order valence-corrected chi connectivity index (χ2v) is 7.83. The van der Waals surface area contributed by atoms with Crippen molar-refractivity contribution in [3.05, 3.63) is 58.4 Å². The summed E-state index contributed by atoms with van der Waals surface area (Å²) in [5.74, 6) is 1.85. The highest BCUT2D eigenvalue weighted by Gasteiger charge is 2.21. The molecule has 0 saturated carbocycles. The number of phenols is 1. The molecule has 6 heteroatoms. The molecular weight excluding hydrogens is 382 g/mol. The van der Waals surface area contributed by atoms with Gasteiger partial charge >= 0.3 is 0 Å². The number of likely N-dealkylation sites (tertiary alicyclic amines) is 1. The van der Waals surface area contributed by atoms with Crippen molar-refractivity contribution in [3.63, 3.8) is 0 Å². The average molecular weight is 409 g/mol. The largest absolute Gasteiger partial charge is 0.507 e. The Balaban J connectivity index is 1.68. The molecule has 0 bridgehead atoms. The molecule has 0 unspecified atom stereocenters. The van der Waals surface area contributed by atoms with Gasteiger partial charge in [-0.1, -0.05) is 19.1 Å². The van der Waals surface area contributed by atoms with Crippen LogP contribution >= 0.6 is 0 Å². The van der Waals surface area contributed by atoms with Crippen LogP contribution < -0.4 is 14.9 Å². The molecule has 1 fully saturated rings. The van der Waals surface area contributed by atoms with Gasteiger partial charge in [-0.3, -0.25) is 9.69 Å². The number of phenolic OH excluding ortho intramolecular Hbond substituents is 1. The molecule has 1 aromatic heterocycles. The van der Waals surface area contributed by atoms with Crippen LogP contribution in [0.4, 0.5) is 0 Å². The highest BCUT2D eigenvalue weighted by molar-refractivity contribution is 5.83. The molecule has 0 spiro atoms. The number of benzene rings is 2. The van der Waals surface area contributed by atoms with Crippen molar-refractivity contribution in [1.29, 1.82) is 0 Å². The van der Waals surface area contributed by atoms with Gasteiger partial charge in [0.2, 0.25) is 11.2 Å². The smallest absolute Gasteiger partial charge is 0.235 e. The van der Waals surface area contributed by atoms with Gasteiger partial charge < -0.3 is 19.0 Å². The predicted octanol–water partition coefficient (Wildman–Crippen LogP) is 4.92. The van der Waals surface area contributed by atoms with E-state index in [-0.39, 0.29) is 16.9 Å². The lowest BCUT2D eigenvalue weighted by Crippen LogP contribution is -2.33. The van der Waals surface area contributed by atoms with Crippen LogP contribution in [0.2, 0.25) is 0 Å². The van der Waals surface area contributed by atoms with E-state index in [1.165, 1.54) is 12.7 Å². The minimum Gasteiger partial charge on any atom is -0.507 e. The van der Waals surface area contributed by atoms with Gasteiger partial charge in [0.15, 0.2) is 11.5 Å². The van der Waals surface area contributed by atoms with Crippen LogP contribution in [0.3, 0.4) is 0 Å². The Morgan fingerprint density at radius 1 is 1.17 bits per heavy atom. The number of piperidine rings is 1. The maximum Gasteiger partial charge on any atom is 0.235 e. The Morgan fingerprint density at radius 2 is 1.97 bits per heavy atom. The van der Waals surface area contributed by atoms with Gasteiger partial charge in [-0.25, -0.2) is 0 Å². The molecular formula is C24H27NO5. The first-order valence-corrected chi connectivity index (χ1v) is 10.4. The molecule has 1 saturated heterocycles. The molecule has 2 heterocycles. The number of para-hydroxylation sites is 2. The topological polar surface area (TPSA) is 72.1 Å². The minimum absolute atomic E-state index is 0.0814. The fourth-order valence-electron chi connectivity index (χ4n) is 4.03. The summed E-state index contributed by atoms with van der Waals surface area (Å²) in [5, 5.41) is 10.8. The fourth-order valence-corrected chi connectivity index (χ4v) is 4.03. The Hall–Kier alpha value is -2.99. The van der Waals surface area contributed by atoms with Crippen LogP contribution in [0.5, 0.6) is 23.0 Å². The Morgan fingerprint density at radius 3 is 2.73 bits per heavy atom. The van der Waals surface area contributed by atoms with Crippen molar-refractivity contribution in [2.24, 2.45) is 5.92 Å². The van der Waals surface area contributed by atoms with Crippen molar-refractivity contribution in [1.82, 2.24) is 4.90 Å². The molecule has 0 radical (unpaired) electrons. The van der Waals surface area contributed by atoms with E-state index in [1.807, 2.05) is 19.1 Å². The van der Waals surface area contributed by atoms with Gasteiger partial charge in [0.25, 0.3) is 0 Å². The molecule has 0 aliphatic carbocycles. The Kier molecular flexibility index (Phi) is 5.95. The third-order valence-electron chi connectivity index (χ3n) is 5.48. The van der Waals surface area contributed by atoms with E-state index in [4.69, 9.17) is 13.9 Å². The summed E-state index contributed by atoms with van der Waals surface area (Å²) < 4.78 is 17.2. The number of ether oxygens (including phenoxy) is 2. The summed E-state index contributed by atoms with van der Waals surface area (Å²) in [7, 11) is 0. The summed E-state index contributed by atoms with van der Waals surface area (Å²) in [5.41, 5.74) is 0.763. The third kappa shape index (κ3) is 4.14. The number of hydrogen-bond acceptors (Lipinski definition) is 6. The van der Waals surface area contributed by atoms with Crippen molar-refractivity contribution in [2.45, 2.75) is 33.2 Å². The van der Waals surface area contributed by atoms with Crippen molar-refractivity contribution >= 4 is 11.0 Å². The number of rotatable bonds is 6. The van der Waals surface area contributed by atoms with Crippen LogP contribution in [0.15, 0.2) is 51.9 Å². The lowest BCUT2D eigenvalue weighted by Gasteiger charge is -2.31. The predicted molar refractivity (Wildman–Crippen MR) is 116 cm³/mol. The molecule has 1 N–H and O–H groups in total. The maximum atomic E-state index is 13.1. The molecule has 3 aromatic rings. The van der Waals surface area contributed by atoms with Crippen LogP contribution in [-0.4, -0.2) is 29.7 Å². The first kappa shape index (κ1) is 20.3. The van der Waals surface area contributed by atoms with Gasteiger partial charge in [0.05, 0.1) is 17.6 Å². The van der Waals surface area contributed by atoms with E-state index in [9.17, 15) is 9.90 Å². The summed E-state index contributed by atoms with van der Waals surface area (Å²) in [6, 6.07) is 10.3. The van der Waals surface area contributed by atoms with Gasteiger partial charge in [0, 0.05) is 13.1 Å². The molecule has 1 aliphatic rings. The first-order valence-electron chi connectivity index (χ1n) is 10.4. The summed E-state index contributed by atoms with van der Waals surface area (Å²) >= 11 is 0. The number of aromatic hydroxyl groups is 1. The van der Waals surface area contributed by atoms with Crippen LogP contribution in [0.1, 0.15) is 32.3 Å². The number of nitrogens with zero attached hydrogens (tertiary/aromatic N) is 1. The van der Waals surface area contributed by atoms with E-state index in [2.05, 4.69) is 11.8 Å². The lowest BCUT2D eigenvalue weighted by molar-refractivity contribution is 0.175. The van der Waals surface area contributed by atoms with Gasteiger partial charge in [-0.15, -0.1) is 0 Å². The summed E-state index contributed by atoms with van der Waals surface area (Å²) in [4.78, 5) is 15.4. The van der Waals surface area contributed by atoms with Gasteiger partial charge in [-0.2, -0.15) is 0 Å². The highest BCUT2D eigenvalue weighted by atomic mass is 16.5. The van der Waals surface area contributed by atoms with E-state index in [0.717, 1.165) is 19.5 Å². The monoisotopic (exact) mass is 409 g/mol. The zero-order valence-electron chi connectivity index (χ0n) is 17.4. The molecule has 1 atom stereocenters. The third-order valence-corrected chi connectivity index (χ3v) is 5.48. The van der Waals surface area contributed by atoms with Gasteiger partial charge in [-0.05, 0) is 56.5 Å². The average Bonchev–Trinajstić information content (AvgIpc) is 2.74. The number of fused-ring (bicyclic) bond motifs is 1. The number of hydrogen-bond donors (Lipinski definition) is 1. The molecule has 1 aliphatic heterocycles. The quantitative estimate of drug-likeness (QED) is 0.623. The summed E-state index contributed by atoms with van der Waals surface area (Å²) in [6.45, 7) is 7.10. The first-order chi connectivity index (χ1) is 14.6. The normalized spacial score (nSPS) is 17.2. The Bertz CT molecular complexity index is 1090. The van der Waals surface area contributed by atoms with E-state index < -0.39 is 0 Å². The van der Waals surface area contributed by atoms with Crippen LogP contribution in [-0.2, 0) is 6.54 Å². The Labute approximate surface area is 175 Å². The second kappa shape index (κ2) is 8.79. The fraction of sp³-hybridized carbons (Fsp3) is 0.375. The van der Waals surface area contributed by atoms with Gasteiger partial charge in [0.1, 0.15) is 17.6 Å². The molecule has 4 rings (SSSR count). The van der Waals surface area contributed by atoms with Crippen LogP contribution in [0, 0.1) is 5.92 Å². The zero-order chi connectivity index (χ0) is 21.1. The van der Waals surface area contributed by atoms with Crippen molar-refractivity contribution in [3.8, 4) is 23.0 Å².